The number of nitrogen functional groups attached to an aromatic ring is 1. The van der Waals surface area contributed by atoms with Crippen LogP contribution in [0.5, 0.6) is 0 Å². The van der Waals surface area contributed by atoms with E-state index < -0.39 is 27.4 Å². The van der Waals surface area contributed by atoms with Crippen molar-refractivity contribution in [3.05, 3.63) is 107 Å². The van der Waals surface area contributed by atoms with Gasteiger partial charge in [-0.05, 0) is 84.5 Å². The van der Waals surface area contributed by atoms with Crippen molar-refractivity contribution in [2.75, 3.05) is 16.8 Å². The summed E-state index contributed by atoms with van der Waals surface area (Å²) in [7, 11) is -3.78. The van der Waals surface area contributed by atoms with Gasteiger partial charge in [-0.25, -0.2) is 8.42 Å². The highest BCUT2D eigenvalue weighted by Gasteiger charge is 2.28. The summed E-state index contributed by atoms with van der Waals surface area (Å²) in [5.41, 5.74) is 16.7. The Balaban J connectivity index is 1.49. The number of benzene rings is 3. The average Bonchev–Trinajstić information content (AvgIpc) is 2.88. The summed E-state index contributed by atoms with van der Waals surface area (Å²) in [4.78, 5) is 28.9. The Kier molecular flexibility index (Phi) is 8.11. The third kappa shape index (κ3) is 6.69. The van der Waals surface area contributed by atoms with Crippen LogP contribution < -0.4 is 16.8 Å². The predicted octanol–water partition coefficient (Wildman–Crippen LogP) is 4.32. The van der Waals surface area contributed by atoms with Gasteiger partial charge in [0.1, 0.15) is 0 Å². The highest BCUT2D eigenvalue weighted by atomic mass is 32.2. The Morgan fingerprint density at radius 3 is 2.23 bits per heavy atom. The minimum Gasteiger partial charge on any atom is -0.399 e. The molecular weight excluding hydrogens is 512 g/mol. The SMILES string of the molecule is Cc1cc(N)cc(C)c1S(=O)(=O)CC(Cc1ccc(-c2cccc(NC(=O)c3cccnc3)c2)cc1)C(N)=O. The summed E-state index contributed by atoms with van der Waals surface area (Å²) < 4.78 is 26.5. The molecule has 8 nitrogen and oxygen atoms in total. The number of carbonyl (C=O) groups excluding carboxylic acids is 2. The number of sulfone groups is 1. The second-order valence-corrected chi connectivity index (χ2v) is 11.5. The fourth-order valence-electron chi connectivity index (χ4n) is 4.66. The summed E-state index contributed by atoms with van der Waals surface area (Å²) in [6.45, 7) is 3.38. The molecule has 0 spiro atoms. The van der Waals surface area contributed by atoms with Crippen LogP contribution in [-0.2, 0) is 21.1 Å². The fraction of sp³-hybridized carbons (Fsp3) is 0.167. The first-order valence-electron chi connectivity index (χ1n) is 12.3. The van der Waals surface area contributed by atoms with Crippen molar-refractivity contribution in [1.29, 1.82) is 0 Å². The fourth-order valence-corrected chi connectivity index (χ4v) is 6.74. The first-order chi connectivity index (χ1) is 18.5. The Hall–Kier alpha value is -4.50. The molecule has 0 saturated carbocycles. The number of nitrogens with one attached hydrogen (secondary N) is 1. The lowest BCUT2D eigenvalue weighted by Gasteiger charge is -2.17. The van der Waals surface area contributed by atoms with Crippen LogP contribution in [0.3, 0.4) is 0 Å². The molecule has 200 valence electrons. The van der Waals surface area contributed by atoms with Gasteiger partial charge in [0.2, 0.25) is 5.91 Å². The van der Waals surface area contributed by atoms with Gasteiger partial charge in [-0.3, -0.25) is 14.6 Å². The molecule has 4 rings (SSSR count). The van der Waals surface area contributed by atoms with Gasteiger partial charge in [-0.2, -0.15) is 0 Å². The number of primary amides is 1. The number of nitrogens with zero attached hydrogens (tertiary/aromatic N) is 1. The Morgan fingerprint density at radius 2 is 1.62 bits per heavy atom. The zero-order valence-corrected chi connectivity index (χ0v) is 22.5. The molecule has 5 N–H and O–H groups in total. The van der Waals surface area contributed by atoms with Crippen molar-refractivity contribution < 1.29 is 18.0 Å². The van der Waals surface area contributed by atoms with Gasteiger partial charge in [-0.1, -0.05) is 36.4 Å². The lowest BCUT2D eigenvalue weighted by atomic mass is 9.97. The molecule has 2 amide bonds. The van der Waals surface area contributed by atoms with E-state index in [4.69, 9.17) is 11.5 Å². The maximum atomic E-state index is 13.2. The van der Waals surface area contributed by atoms with E-state index in [9.17, 15) is 18.0 Å². The molecule has 0 radical (unpaired) electrons. The predicted molar refractivity (Wildman–Crippen MR) is 153 cm³/mol. The second-order valence-electron chi connectivity index (χ2n) is 9.54. The van der Waals surface area contributed by atoms with E-state index in [1.165, 1.54) is 6.20 Å². The highest BCUT2D eigenvalue weighted by Crippen LogP contribution is 2.27. The number of nitrogens with two attached hydrogens (primary N) is 2. The average molecular weight is 543 g/mol. The molecule has 0 aliphatic rings. The van der Waals surface area contributed by atoms with Crippen LogP contribution in [0.15, 0.2) is 90.1 Å². The Labute approximate surface area is 228 Å². The van der Waals surface area contributed by atoms with Gasteiger partial charge in [0, 0.05) is 23.8 Å². The number of pyridine rings is 1. The third-order valence-electron chi connectivity index (χ3n) is 6.43. The summed E-state index contributed by atoms with van der Waals surface area (Å²) in [5, 5.41) is 2.87. The maximum Gasteiger partial charge on any atom is 0.257 e. The van der Waals surface area contributed by atoms with Crippen LogP contribution >= 0.6 is 0 Å². The standard InChI is InChI=1S/C30H30N4O4S/c1-19-13-26(31)14-20(2)28(19)39(37,38)18-25(29(32)35)15-21-8-10-22(11-9-21)23-5-3-7-27(16-23)34-30(36)24-6-4-12-33-17-24/h3-14,16-17,25H,15,18,31H2,1-2H3,(H2,32,35)(H,34,36). The molecule has 39 heavy (non-hydrogen) atoms. The third-order valence-corrected chi connectivity index (χ3v) is 8.54. The quantitative estimate of drug-likeness (QED) is 0.269. The zero-order valence-electron chi connectivity index (χ0n) is 21.7. The lowest BCUT2D eigenvalue weighted by Crippen LogP contribution is -2.32. The molecule has 0 aliphatic heterocycles. The van der Waals surface area contributed by atoms with Crippen molar-refractivity contribution in [1.82, 2.24) is 4.98 Å². The number of aryl methyl sites for hydroxylation is 2. The van der Waals surface area contributed by atoms with Crippen molar-refractivity contribution in [2.45, 2.75) is 25.2 Å². The monoisotopic (exact) mass is 542 g/mol. The summed E-state index contributed by atoms with van der Waals surface area (Å²) in [6.07, 6.45) is 3.29. The van der Waals surface area contributed by atoms with Crippen LogP contribution in [0.4, 0.5) is 11.4 Å². The van der Waals surface area contributed by atoms with E-state index in [1.807, 2.05) is 42.5 Å². The molecule has 0 bridgehead atoms. The number of aromatic nitrogens is 1. The molecular formula is C30H30N4O4S. The number of anilines is 2. The summed E-state index contributed by atoms with van der Waals surface area (Å²) >= 11 is 0. The van der Waals surface area contributed by atoms with Crippen LogP contribution in [0, 0.1) is 19.8 Å². The van der Waals surface area contributed by atoms with E-state index in [-0.39, 0.29) is 17.2 Å². The van der Waals surface area contributed by atoms with Crippen LogP contribution in [0.25, 0.3) is 11.1 Å². The molecule has 3 aromatic carbocycles. The van der Waals surface area contributed by atoms with E-state index in [1.54, 1.807) is 50.4 Å². The molecule has 1 atom stereocenters. The van der Waals surface area contributed by atoms with E-state index in [2.05, 4.69) is 10.3 Å². The summed E-state index contributed by atoms with van der Waals surface area (Å²) in [6, 6.07) is 21.5. The smallest absolute Gasteiger partial charge is 0.257 e. The van der Waals surface area contributed by atoms with Gasteiger partial charge in [-0.15, -0.1) is 0 Å². The van der Waals surface area contributed by atoms with Gasteiger partial charge in [0.15, 0.2) is 9.84 Å². The van der Waals surface area contributed by atoms with Crippen LogP contribution in [-0.4, -0.2) is 31.0 Å². The number of carbonyl (C=O) groups is 2. The number of hydrogen-bond acceptors (Lipinski definition) is 6. The molecule has 1 heterocycles. The number of rotatable bonds is 9. The van der Waals surface area contributed by atoms with E-state index >= 15 is 0 Å². The first-order valence-corrected chi connectivity index (χ1v) is 14.0. The molecule has 4 aromatic rings. The number of amides is 2. The van der Waals surface area contributed by atoms with Crippen molar-refractivity contribution >= 4 is 33.0 Å². The Morgan fingerprint density at radius 1 is 0.923 bits per heavy atom. The second kappa shape index (κ2) is 11.5. The van der Waals surface area contributed by atoms with Crippen molar-refractivity contribution in [3.8, 4) is 11.1 Å². The van der Waals surface area contributed by atoms with E-state index in [0.717, 1.165) is 16.7 Å². The first kappa shape index (κ1) is 27.5. The minimum atomic E-state index is -3.78. The molecule has 1 aromatic heterocycles. The van der Waals surface area contributed by atoms with Gasteiger partial charge >= 0.3 is 0 Å². The number of hydrogen-bond donors (Lipinski definition) is 3. The molecule has 1 unspecified atom stereocenters. The topological polar surface area (TPSA) is 145 Å². The molecule has 0 fully saturated rings. The summed E-state index contributed by atoms with van der Waals surface area (Å²) in [5.74, 6) is -2.23. The zero-order chi connectivity index (χ0) is 28.2. The minimum absolute atomic E-state index is 0.184. The van der Waals surface area contributed by atoms with E-state index in [0.29, 0.717) is 28.1 Å². The van der Waals surface area contributed by atoms with Crippen LogP contribution in [0.1, 0.15) is 27.0 Å². The van der Waals surface area contributed by atoms with Gasteiger partial charge in [0.05, 0.1) is 22.1 Å². The largest absolute Gasteiger partial charge is 0.399 e. The highest BCUT2D eigenvalue weighted by molar-refractivity contribution is 7.91. The molecule has 9 heteroatoms. The van der Waals surface area contributed by atoms with Crippen molar-refractivity contribution in [2.24, 2.45) is 11.7 Å². The van der Waals surface area contributed by atoms with Crippen LogP contribution in [0.2, 0.25) is 0 Å². The van der Waals surface area contributed by atoms with Crippen molar-refractivity contribution in [3.63, 3.8) is 0 Å². The molecule has 0 saturated heterocycles. The van der Waals surface area contributed by atoms with Gasteiger partial charge in [0.25, 0.3) is 5.91 Å². The van der Waals surface area contributed by atoms with Gasteiger partial charge < -0.3 is 16.8 Å². The molecule has 0 aliphatic carbocycles. The lowest BCUT2D eigenvalue weighted by molar-refractivity contribution is -0.121. The normalized spacial score (nSPS) is 12.1. The maximum absolute atomic E-state index is 13.2. The Bertz CT molecular complexity index is 1600.